The van der Waals surface area contributed by atoms with E-state index >= 15 is 0 Å². The normalized spacial score (nSPS) is 16.7. The molecule has 1 aliphatic heterocycles. The monoisotopic (exact) mass is 342 g/mol. The van der Waals surface area contributed by atoms with Gasteiger partial charge in [0.25, 0.3) is 5.56 Å². The molecule has 2 heterocycles. The van der Waals surface area contributed by atoms with E-state index in [1.807, 2.05) is 18.2 Å². The lowest BCUT2D eigenvalue weighted by Crippen LogP contribution is -2.45. The molecule has 0 saturated carbocycles. The first-order chi connectivity index (χ1) is 12.2. The van der Waals surface area contributed by atoms with E-state index in [0.29, 0.717) is 11.1 Å². The fourth-order valence-corrected chi connectivity index (χ4v) is 3.47. The zero-order valence-corrected chi connectivity index (χ0v) is 14.8. The molecule has 1 fully saturated rings. The second-order valence-electron chi connectivity index (χ2n) is 6.76. The quantitative estimate of drug-likeness (QED) is 0.840. The molecule has 1 atom stereocenters. The van der Waals surface area contributed by atoms with Gasteiger partial charge in [-0.25, -0.2) is 5.10 Å². The van der Waals surface area contributed by atoms with Crippen LogP contribution < -0.4 is 10.9 Å². The van der Waals surface area contributed by atoms with Gasteiger partial charge in [0.1, 0.15) is 0 Å². The number of nitrogens with one attached hydrogen (secondary N) is 2. The van der Waals surface area contributed by atoms with Gasteiger partial charge >= 0.3 is 0 Å². The van der Waals surface area contributed by atoms with E-state index in [0.717, 1.165) is 31.4 Å². The number of fused-ring (bicyclic) bond motifs is 1. The molecule has 0 bridgehead atoms. The predicted octanol–water partition coefficient (Wildman–Crippen LogP) is 1.85. The lowest BCUT2D eigenvalue weighted by atomic mass is 10.1. The molecule has 2 N–H and O–H groups in total. The molecule has 1 aromatic carbocycles. The number of carbonyl (C=O) groups excluding carboxylic acids is 1. The maximum Gasteiger partial charge on any atom is 0.272 e. The summed E-state index contributed by atoms with van der Waals surface area (Å²) in [7, 11) is 0. The van der Waals surface area contributed by atoms with Crippen molar-refractivity contribution in [3.8, 4) is 0 Å². The molecular weight excluding hydrogens is 316 g/mol. The van der Waals surface area contributed by atoms with Gasteiger partial charge in [-0.05, 0) is 38.4 Å². The number of piperidine rings is 1. The molecule has 0 aliphatic carbocycles. The molecule has 0 unspecified atom stereocenters. The molecule has 6 heteroatoms. The number of hydrogen-bond acceptors (Lipinski definition) is 4. The molecule has 134 valence electrons. The number of carbonyl (C=O) groups is 1. The van der Waals surface area contributed by atoms with Gasteiger partial charge in [-0.2, -0.15) is 5.10 Å². The Kier molecular flexibility index (Phi) is 5.81. The smallest absolute Gasteiger partial charge is 0.272 e. The highest BCUT2D eigenvalue weighted by Crippen LogP contribution is 2.13. The molecule has 0 radical (unpaired) electrons. The van der Waals surface area contributed by atoms with Gasteiger partial charge in [0.05, 0.1) is 17.5 Å². The molecule has 1 aromatic heterocycles. The van der Waals surface area contributed by atoms with Crippen molar-refractivity contribution in [1.82, 2.24) is 20.4 Å². The molecule has 3 rings (SSSR count). The molecule has 1 saturated heterocycles. The van der Waals surface area contributed by atoms with E-state index in [1.165, 1.54) is 19.3 Å². The van der Waals surface area contributed by atoms with Gasteiger partial charge in [-0.15, -0.1) is 0 Å². The van der Waals surface area contributed by atoms with Crippen LogP contribution in [0.1, 0.15) is 38.3 Å². The highest BCUT2D eigenvalue weighted by atomic mass is 16.1. The fourth-order valence-electron chi connectivity index (χ4n) is 3.47. The molecular formula is C19H26N4O2. The average molecular weight is 342 g/mol. The summed E-state index contributed by atoms with van der Waals surface area (Å²) in [5.74, 6) is -0.0476. The maximum absolute atomic E-state index is 12.5. The minimum Gasteiger partial charge on any atom is -0.352 e. The van der Waals surface area contributed by atoms with Gasteiger partial charge < -0.3 is 10.2 Å². The summed E-state index contributed by atoms with van der Waals surface area (Å²) in [4.78, 5) is 26.8. The molecule has 6 nitrogen and oxygen atoms in total. The summed E-state index contributed by atoms with van der Waals surface area (Å²) >= 11 is 0. The van der Waals surface area contributed by atoms with Gasteiger partial charge in [-0.3, -0.25) is 9.59 Å². The van der Waals surface area contributed by atoms with E-state index in [1.54, 1.807) is 6.07 Å². The van der Waals surface area contributed by atoms with Gasteiger partial charge in [-0.1, -0.05) is 31.5 Å². The van der Waals surface area contributed by atoms with Crippen molar-refractivity contribution < 1.29 is 4.79 Å². The van der Waals surface area contributed by atoms with Crippen LogP contribution in [0.4, 0.5) is 0 Å². The first-order valence-corrected chi connectivity index (χ1v) is 9.15. The van der Waals surface area contributed by atoms with Gasteiger partial charge in [0.15, 0.2) is 0 Å². The van der Waals surface area contributed by atoms with Crippen LogP contribution in [0.5, 0.6) is 0 Å². The van der Waals surface area contributed by atoms with Crippen molar-refractivity contribution in [2.75, 3.05) is 19.6 Å². The first kappa shape index (κ1) is 17.6. The SMILES string of the molecule is CC[C@@H](CN1CCCCC1)NC(=O)Cc1n[nH]c(=O)c2ccccc12. The minimum atomic E-state index is -0.226. The van der Waals surface area contributed by atoms with Crippen molar-refractivity contribution in [2.45, 2.75) is 45.1 Å². The van der Waals surface area contributed by atoms with Gasteiger partial charge in [0, 0.05) is 18.0 Å². The van der Waals surface area contributed by atoms with Crippen LogP contribution in [-0.2, 0) is 11.2 Å². The second kappa shape index (κ2) is 8.25. The number of rotatable bonds is 6. The Morgan fingerprint density at radius 3 is 2.68 bits per heavy atom. The minimum absolute atomic E-state index is 0.0476. The summed E-state index contributed by atoms with van der Waals surface area (Å²) < 4.78 is 0. The molecule has 1 aliphatic rings. The number of aromatic amines is 1. The topological polar surface area (TPSA) is 78.1 Å². The largest absolute Gasteiger partial charge is 0.352 e. The number of nitrogens with zero attached hydrogens (tertiary/aromatic N) is 2. The maximum atomic E-state index is 12.5. The molecule has 2 aromatic rings. The van der Waals surface area contributed by atoms with Crippen LogP contribution in [-0.4, -0.2) is 46.7 Å². The summed E-state index contributed by atoms with van der Waals surface area (Å²) in [6.45, 7) is 5.25. The Bertz CT molecular complexity index is 780. The Hall–Kier alpha value is -2.21. The van der Waals surface area contributed by atoms with E-state index < -0.39 is 0 Å². The Morgan fingerprint density at radius 2 is 1.96 bits per heavy atom. The first-order valence-electron chi connectivity index (χ1n) is 9.15. The van der Waals surface area contributed by atoms with E-state index in [4.69, 9.17) is 0 Å². The summed E-state index contributed by atoms with van der Waals surface area (Å²) in [5, 5.41) is 11.0. The number of amides is 1. The molecule has 1 amide bonds. The molecule has 25 heavy (non-hydrogen) atoms. The number of likely N-dealkylation sites (tertiary alicyclic amines) is 1. The summed E-state index contributed by atoms with van der Waals surface area (Å²) in [6, 6.07) is 7.41. The Morgan fingerprint density at radius 1 is 1.24 bits per heavy atom. The van der Waals surface area contributed by atoms with Crippen molar-refractivity contribution in [3.05, 3.63) is 40.3 Å². The number of benzene rings is 1. The highest BCUT2D eigenvalue weighted by Gasteiger charge is 2.18. The number of H-pyrrole nitrogens is 1. The fraction of sp³-hybridized carbons (Fsp3) is 0.526. The van der Waals surface area contributed by atoms with E-state index in [9.17, 15) is 9.59 Å². The van der Waals surface area contributed by atoms with Crippen LogP contribution in [0, 0.1) is 0 Å². The van der Waals surface area contributed by atoms with Crippen molar-refractivity contribution >= 4 is 16.7 Å². The third kappa shape index (κ3) is 4.45. The van der Waals surface area contributed by atoms with E-state index in [2.05, 4.69) is 27.3 Å². The van der Waals surface area contributed by atoms with Crippen LogP contribution in [0.2, 0.25) is 0 Å². The van der Waals surface area contributed by atoms with Crippen LogP contribution in [0.3, 0.4) is 0 Å². The lowest BCUT2D eigenvalue weighted by Gasteiger charge is -2.30. The number of aromatic nitrogens is 2. The lowest BCUT2D eigenvalue weighted by molar-refractivity contribution is -0.121. The van der Waals surface area contributed by atoms with Gasteiger partial charge in [0.2, 0.25) is 5.91 Å². The zero-order valence-electron chi connectivity index (χ0n) is 14.8. The third-order valence-electron chi connectivity index (χ3n) is 4.89. The standard InChI is InChI=1S/C19H26N4O2/c1-2-14(13-23-10-6-3-7-11-23)20-18(24)12-17-15-8-4-5-9-16(15)19(25)22-21-17/h4-5,8-9,14H,2-3,6-7,10-13H2,1H3,(H,20,24)(H,22,25)/t14-/m0/s1. The van der Waals surface area contributed by atoms with Crippen molar-refractivity contribution in [1.29, 1.82) is 0 Å². The second-order valence-corrected chi connectivity index (χ2v) is 6.76. The van der Waals surface area contributed by atoms with Crippen LogP contribution >= 0.6 is 0 Å². The summed E-state index contributed by atoms with van der Waals surface area (Å²) in [6.07, 6.45) is 4.88. The average Bonchev–Trinajstić information content (AvgIpc) is 2.64. The Balaban J connectivity index is 1.65. The predicted molar refractivity (Wildman–Crippen MR) is 98.6 cm³/mol. The van der Waals surface area contributed by atoms with Crippen LogP contribution in [0.25, 0.3) is 10.8 Å². The zero-order chi connectivity index (χ0) is 17.6. The van der Waals surface area contributed by atoms with Crippen molar-refractivity contribution in [2.24, 2.45) is 0 Å². The van der Waals surface area contributed by atoms with E-state index in [-0.39, 0.29) is 23.9 Å². The number of hydrogen-bond donors (Lipinski definition) is 2. The Labute approximate surface area is 147 Å². The highest BCUT2D eigenvalue weighted by molar-refractivity contribution is 5.88. The summed E-state index contributed by atoms with van der Waals surface area (Å²) in [5.41, 5.74) is 0.386. The molecule has 0 spiro atoms. The van der Waals surface area contributed by atoms with Crippen LogP contribution in [0.15, 0.2) is 29.1 Å². The third-order valence-corrected chi connectivity index (χ3v) is 4.89. The van der Waals surface area contributed by atoms with Crippen molar-refractivity contribution in [3.63, 3.8) is 0 Å².